The van der Waals surface area contributed by atoms with Gasteiger partial charge in [0.2, 0.25) is 0 Å². The van der Waals surface area contributed by atoms with Gasteiger partial charge in [-0.05, 0) is 31.0 Å². The number of benzene rings is 1. The summed E-state index contributed by atoms with van der Waals surface area (Å²) in [5.74, 6) is 2.44. The average Bonchev–Trinajstić information content (AvgIpc) is 2.37. The van der Waals surface area contributed by atoms with E-state index in [2.05, 4.69) is 16.0 Å². The lowest BCUT2D eigenvalue weighted by molar-refractivity contribution is -0.274. The molecule has 0 aliphatic heterocycles. The average molecular weight is 285 g/mol. The second kappa shape index (κ2) is 7.20. The minimum Gasteiger partial charge on any atom is -0.406 e. The Morgan fingerprint density at radius 2 is 1.90 bits per heavy atom. The summed E-state index contributed by atoms with van der Waals surface area (Å²) in [6, 6.07) is 5.71. The number of alkyl halides is 3. The second-order valence-corrected chi connectivity index (χ2v) is 4.51. The largest absolute Gasteiger partial charge is 0.573 e. The Kier molecular flexibility index (Phi) is 5.90. The Labute approximate surface area is 117 Å². The second-order valence-electron chi connectivity index (χ2n) is 4.51. The molecule has 0 fully saturated rings. The van der Waals surface area contributed by atoms with Crippen molar-refractivity contribution in [1.29, 1.82) is 0 Å². The highest BCUT2D eigenvalue weighted by Gasteiger charge is 2.31. The van der Waals surface area contributed by atoms with Crippen LogP contribution >= 0.6 is 0 Å². The topological polar surface area (TPSA) is 21.3 Å². The summed E-state index contributed by atoms with van der Waals surface area (Å²) in [7, 11) is 0. The van der Waals surface area contributed by atoms with Gasteiger partial charge in [0.15, 0.2) is 0 Å². The quantitative estimate of drug-likeness (QED) is 0.797. The van der Waals surface area contributed by atoms with Crippen molar-refractivity contribution in [2.24, 2.45) is 0 Å². The number of nitrogens with one attached hydrogen (secondary N) is 1. The molecule has 1 N–H and O–H groups in total. The smallest absolute Gasteiger partial charge is 0.406 e. The molecule has 0 radical (unpaired) electrons. The molecule has 1 aromatic carbocycles. The van der Waals surface area contributed by atoms with Gasteiger partial charge in [0, 0.05) is 6.04 Å². The van der Waals surface area contributed by atoms with E-state index in [-0.39, 0.29) is 17.8 Å². The van der Waals surface area contributed by atoms with Crippen LogP contribution in [0.4, 0.5) is 13.2 Å². The van der Waals surface area contributed by atoms with Crippen LogP contribution in [0.5, 0.6) is 5.75 Å². The maximum atomic E-state index is 12.0. The molecule has 5 heteroatoms. The van der Waals surface area contributed by atoms with Gasteiger partial charge < -0.3 is 4.74 Å². The molecule has 0 aliphatic carbocycles. The lowest BCUT2D eigenvalue weighted by Crippen LogP contribution is -2.30. The predicted octanol–water partition coefficient (Wildman–Crippen LogP) is 4.04. The van der Waals surface area contributed by atoms with Gasteiger partial charge in [-0.25, -0.2) is 0 Å². The van der Waals surface area contributed by atoms with E-state index >= 15 is 0 Å². The highest BCUT2D eigenvalue weighted by atomic mass is 19.4. The molecule has 1 aromatic rings. The first-order chi connectivity index (χ1) is 9.35. The van der Waals surface area contributed by atoms with Gasteiger partial charge in [-0.15, -0.1) is 19.6 Å². The van der Waals surface area contributed by atoms with Crippen molar-refractivity contribution >= 4 is 0 Å². The van der Waals surface area contributed by atoms with Crippen LogP contribution < -0.4 is 10.1 Å². The molecule has 0 bridgehead atoms. The number of hydrogen-bond acceptors (Lipinski definition) is 2. The van der Waals surface area contributed by atoms with E-state index in [4.69, 9.17) is 6.42 Å². The SMILES string of the molecule is C#CC(CCC)NC(C)c1ccc(OC(F)(F)F)cc1. The maximum absolute atomic E-state index is 12.0. The summed E-state index contributed by atoms with van der Waals surface area (Å²) < 4.78 is 40.0. The minimum absolute atomic E-state index is 0.0393. The first-order valence-electron chi connectivity index (χ1n) is 6.43. The Bertz CT molecular complexity index is 448. The summed E-state index contributed by atoms with van der Waals surface area (Å²) in [4.78, 5) is 0. The third-order valence-corrected chi connectivity index (χ3v) is 2.84. The van der Waals surface area contributed by atoms with Gasteiger partial charge in [-0.3, -0.25) is 5.32 Å². The molecule has 110 valence electrons. The lowest BCUT2D eigenvalue weighted by atomic mass is 10.1. The Morgan fingerprint density at radius 3 is 2.35 bits per heavy atom. The number of ether oxygens (including phenoxy) is 1. The van der Waals surface area contributed by atoms with Crippen LogP contribution in [0.1, 0.15) is 38.3 Å². The molecule has 2 unspecified atom stereocenters. The van der Waals surface area contributed by atoms with Crippen LogP contribution in [0.25, 0.3) is 0 Å². The van der Waals surface area contributed by atoms with Crippen LogP contribution in [0.15, 0.2) is 24.3 Å². The normalized spacial score (nSPS) is 14.4. The van der Waals surface area contributed by atoms with Crippen molar-refractivity contribution in [3.05, 3.63) is 29.8 Å². The zero-order valence-corrected chi connectivity index (χ0v) is 11.5. The van der Waals surface area contributed by atoms with Crippen LogP contribution in [-0.2, 0) is 0 Å². The third kappa shape index (κ3) is 5.54. The molecule has 0 aliphatic rings. The number of halogens is 3. The van der Waals surface area contributed by atoms with Crippen molar-refractivity contribution in [3.63, 3.8) is 0 Å². The van der Waals surface area contributed by atoms with Crippen molar-refractivity contribution in [2.75, 3.05) is 0 Å². The molecule has 2 nitrogen and oxygen atoms in total. The third-order valence-electron chi connectivity index (χ3n) is 2.84. The molecule has 20 heavy (non-hydrogen) atoms. The molecular formula is C15H18F3NO. The van der Waals surface area contributed by atoms with Crippen LogP contribution in [0, 0.1) is 12.3 Å². The van der Waals surface area contributed by atoms with Crippen LogP contribution in [-0.4, -0.2) is 12.4 Å². The van der Waals surface area contributed by atoms with E-state index in [0.717, 1.165) is 18.4 Å². The highest BCUT2D eigenvalue weighted by molar-refractivity contribution is 5.29. The standard InChI is InChI=1S/C15H18F3NO/c1-4-6-13(5-2)19-11(3)12-7-9-14(10-8-12)20-15(16,17)18/h2,7-11,13,19H,4,6H2,1,3H3. The molecule has 0 saturated carbocycles. The Morgan fingerprint density at radius 1 is 1.30 bits per heavy atom. The zero-order valence-electron chi connectivity index (χ0n) is 11.5. The molecule has 0 heterocycles. The Balaban J connectivity index is 2.66. The van der Waals surface area contributed by atoms with Crippen LogP contribution in [0.3, 0.4) is 0 Å². The molecule has 2 atom stereocenters. The van der Waals surface area contributed by atoms with E-state index in [9.17, 15) is 13.2 Å². The van der Waals surface area contributed by atoms with Gasteiger partial charge in [0.1, 0.15) is 5.75 Å². The van der Waals surface area contributed by atoms with Crippen LogP contribution in [0.2, 0.25) is 0 Å². The van der Waals surface area contributed by atoms with Crippen molar-refractivity contribution in [1.82, 2.24) is 5.32 Å². The molecular weight excluding hydrogens is 267 g/mol. The zero-order chi connectivity index (χ0) is 15.2. The van der Waals surface area contributed by atoms with Crippen molar-refractivity contribution < 1.29 is 17.9 Å². The van der Waals surface area contributed by atoms with Gasteiger partial charge in [0.05, 0.1) is 6.04 Å². The predicted molar refractivity (Wildman–Crippen MR) is 72.2 cm³/mol. The molecule has 1 rings (SSSR count). The van der Waals surface area contributed by atoms with E-state index < -0.39 is 6.36 Å². The summed E-state index contributed by atoms with van der Waals surface area (Å²) in [5, 5.41) is 3.25. The number of hydrogen-bond donors (Lipinski definition) is 1. The van der Waals surface area contributed by atoms with Gasteiger partial charge in [0.25, 0.3) is 0 Å². The van der Waals surface area contributed by atoms with E-state index in [1.807, 2.05) is 13.8 Å². The molecule has 0 amide bonds. The number of terminal acetylenes is 1. The first-order valence-corrected chi connectivity index (χ1v) is 6.43. The van der Waals surface area contributed by atoms with E-state index in [1.54, 1.807) is 12.1 Å². The Hall–Kier alpha value is -1.67. The summed E-state index contributed by atoms with van der Waals surface area (Å²) in [6.45, 7) is 3.96. The number of rotatable bonds is 6. The monoisotopic (exact) mass is 285 g/mol. The fraction of sp³-hybridized carbons (Fsp3) is 0.467. The molecule has 0 aromatic heterocycles. The lowest BCUT2D eigenvalue weighted by Gasteiger charge is -2.19. The van der Waals surface area contributed by atoms with E-state index in [1.165, 1.54) is 12.1 Å². The molecule has 0 spiro atoms. The van der Waals surface area contributed by atoms with Crippen molar-refractivity contribution in [2.45, 2.75) is 45.1 Å². The minimum atomic E-state index is -4.67. The first kappa shape index (κ1) is 16.4. The fourth-order valence-corrected chi connectivity index (χ4v) is 1.86. The highest BCUT2D eigenvalue weighted by Crippen LogP contribution is 2.24. The summed E-state index contributed by atoms with van der Waals surface area (Å²) in [5.41, 5.74) is 0.857. The fourth-order valence-electron chi connectivity index (χ4n) is 1.86. The van der Waals surface area contributed by atoms with Gasteiger partial charge >= 0.3 is 6.36 Å². The van der Waals surface area contributed by atoms with Gasteiger partial charge in [-0.2, -0.15) is 0 Å². The maximum Gasteiger partial charge on any atom is 0.573 e. The van der Waals surface area contributed by atoms with E-state index in [0.29, 0.717) is 0 Å². The summed E-state index contributed by atoms with van der Waals surface area (Å²) in [6.07, 6.45) is 2.58. The van der Waals surface area contributed by atoms with Gasteiger partial charge in [-0.1, -0.05) is 31.4 Å². The summed E-state index contributed by atoms with van der Waals surface area (Å²) >= 11 is 0. The molecule has 0 saturated heterocycles. The van der Waals surface area contributed by atoms with Crippen molar-refractivity contribution in [3.8, 4) is 18.1 Å².